The first-order chi connectivity index (χ1) is 9.11. The Balaban J connectivity index is 1.97. The molecule has 0 saturated heterocycles. The number of hydrogen-bond acceptors (Lipinski definition) is 4. The molecule has 1 fully saturated rings. The van der Waals surface area contributed by atoms with Crippen LogP contribution in [0.15, 0.2) is 0 Å². The Morgan fingerprint density at radius 3 is 2.68 bits per heavy atom. The fourth-order valence-electron chi connectivity index (χ4n) is 3.03. The zero-order valence-corrected chi connectivity index (χ0v) is 11.7. The number of anilines is 2. The Hall–Kier alpha value is -1.36. The second-order valence-corrected chi connectivity index (χ2v) is 5.79. The molecule has 6 heteroatoms. The molecule has 0 bridgehead atoms. The van der Waals surface area contributed by atoms with Gasteiger partial charge >= 0.3 is 0 Å². The largest absolute Gasteiger partial charge is 0.367 e. The summed E-state index contributed by atoms with van der Waals surface area (Å²) in [6, 6.07) is 0. The Labute approximate surface area is 117 Å². The Bertz CT molecular complexity index is 526. The third kappa shape index (κ3) is 2.16. The van der Waals surface area contributed by atoms with Crippen molar-refractivity contribution in [2.24, 2.45) is 5.41 Å². The van der Waals surface area contributed by atoms with Gasteiger partial charge in [-0.05, 0) is 31.4 Å². The van der Waals surface area contributed by atoms with Crippen molar-refractivity contribution < 1.29 is 4.79 Å². The van der Waals surface area contributed by atoms with Gasteiger partial charge in [0, 0.05) is 6.54 Å². The molecule has 1 aromatic heterocycles. The summed E-state index contributed by atoms with van der Waals surface area (Å²) in [7, 11) is 0. The molecule has 2 heterocycles. The lowest BCUT2D eigenvalue weighted by Gasteiger charge is -2.34. The molecule has 3 rings (SSSR count). The summed E-state index contributed by atoms with van der Waals surface area (Å²) in [6.45, 7) is 2.45. The Morgan fingerprint density at radius 2 is 1.95 bits per heavy atom. The quantitative estimate of drug-likeness (QED) is 0.717. The number of halogens is 1. The number of nitrogens with zero attached hydrogens (tertiary/aromatic N) is 2. The minimum Gasteiger partial charge on any atom is -0.367 e. The second-order valence-electron chi connectivity index (χ2n) is 5.45. The minimum absolute atomic E-state index is 0.0903. The first kappa shape index (κ1) is 12.7. The summed E-state index contributed by atoms with van der Waals surface area (Å²) < 4.78 is 0. The highest BCUT2D eigenvalue weighted by Gasteiger charge is 2.41. The van der Waals surface area contributed by atoms with Crippen LogP contribution in [-0.2, 0) is 4.79 Å². The molecule has 1 aliphatic heterocycles. The molecular formula is C13H17ClN4O. The summed E-state index contributed by atoms with van der Waals surface area (Å²) >= 11 is 5.87. The standard InChI is InChI=1S/C13H17ClN4O/c1-8-9-10(18-12(14)16-8)15-7-13(11(19)17-9)5-3-2-4-6-13/h2-7H2,1H3,(H,17,19)(H,15,16,18). The van der Waals surface area contributed by atoms with E-state index in [1.807, 2.05) is 6.92 Å². The van der Waals surface area contributed by atoms with Gasteiger partial charge in [0.1, 0.15) is 5.69 Å². The van der Waals surface area contributed by atoms with Crippen LogP contribution in [0.3, 0.4) is 0 Å². The maximum absolute atomic E-state index is 12.6. The number of fused-ring (bicyclic) bond motifs is 1. The Kier molecular flexibility index (Phi) is 3.09. The van der Waals surface area contributed by atoms with Crippen LogP contribution in [0.1, 0.15) is 37.8 Å². The van der Waals surface area contributed by atoms with Crippen LogP contribution in [-0.4, -0.2) is 22.4 Å². The maximum atomic E-state index is 12.6. The Morgan fingerprint density at radius 1 is 1.21 bits per heavy atom. The molecule has 5 nitrogen and oxygen atoms in total. The monoisotopic (exact) mass is 280 g/mol. The maximum Gasteiger partial charge on any atom is 0.232 e. The number of nitrogens with one attached hydrogen (secondary N) is 2. The van der Waals surface area contributed by atoms with Crippen molar-refractivity contribution in [2.45, 2.75) is 39.0 Å². The average Bonchev–Trinajstić information content (AvgIpc) is 2.52. The van der Waals surface area contributed by atoms with Crippen molar-refractivity contribution in [2.75, 3.05) is 17.2 Å². The summed E-state index contributed by atoms with van der Waals surface area (Å²) in [5, 5.41) is 6.48. The van der Waals surface area contributed by atoms with Crippen LogP contribution in [0.5, 0.6) is 0 Å². The summed E-state index contributed by atoms with van der Waals surface area (Å²) in [6.07, 6.45) is 5.29. The van der Waals surface area contributed by atoms with Crippen molar-refractivity contribution >= 4 is 29.0 Å². The van der Waals surface area contributed by atoms with Crippen LogP contribution in [0.25, 0.3) is 0 Å². The van der Waals surface area contributed by atoms with Crippen molar-refractivity contribution in [1.82, 2.24) is 9.97 Å². The van der Waals surface area contributed by atoms with Gasteiger partial charge in [0.05, 0.1) is 11.1 Å². The predicted octanol–water partition coefficient (Wildman–Crippen LogP) is 2.75. The molecule has 19 heavy (non-hydrogen) atoms. The highest BCUT2D eigenvalue weighted by atomic mass is 35.5. The van der Waals surface area contributed by atoms with E-state index in [0.29, 0.717) is 23.7 Å². The van der Waals surface area contributed by atoms with Gasteiger partial charge in [0.25, 0.3) is 0 Å². The van der Waals surface area contributed by atoms with Crippen LogP contribution >= 0.6 is 11.6 Å². The summed E-state index contributed by atoms with van der Waals surface area (Å²) in [5.41, 5.74) is 1.05. The van der Waals surface area contributed by atoms with Crippen LogP contribution in [0.2, 0.25) is 5.28 Å². The van der Waals surface area contributed by atoms with Crippen molar-refractivity contribution in [1.29, 1.82) is 0 Å². The van der Waals surface area contributed by atoms with E-state index in [0.717, 1.165) is 25.7 Å². The number of amides is 1. The fraction of sp³-hybridized carbons (Fsp3) is 0.615. The van der Waals surface area contributed by atoms with E-state index < -0.39 is 0 Å². The summed E-state index contributed by atoms with van der Waals surface area (Å²) in [5.74, 6) is 0.723. The fourth-order valence-corrected chi connectivity index (χ4v) is 3.24. The molecule has 2 N–H and O–H groups in total. The number of carbonyl (C=O) groups excluding carboxylic acids is 1. The number of carbonyl (C=O) groups is 1. The smallest absolute Gasteiger partial charge is 0.232 e. The number of aryl methyl sites for hydroxylation is 1. The van der Waals surface area contributed by atoms with Gasteiger partial charge in [-0.15, -0.1) is 0 Å². The highest BCUT2D eigenvalue weighted by Crippen LogP contribution is 2.40. The van der Waals surface area contributed by atoms with Gasteiger partial charge in [-0.3, -0.25) is 4.79 Å². The van der Waals surface area contributed by atoms with Crippen LogP contribution in [0, 0.1) is 12.3 Å². The molecule has 1 amide bonds. The van der Waals surface area contributed by atoms with Crippen LogP contribution < -0.4 is 10.6 Å². The van der Waals surface area contributed by atoms with E-state index >= 15 is 0 Å². The van der Waals surface area contributed by atoms with E-state index in [2.05, 4.69) is 20.6 Å². The normalized spacial score (nSPS) is 21.3. The zero-order valence-electron chi connectivity index (χ0n) is 10.9. The molecule has 2 aliphatic rings. The van der Waals surface area contributed by atoms with Gasteiger partial charge in [0.15, 0.2) is 5.82 Å². The van der Waals surface area contributed by atoms with Crippen molar-refractivity contribution in [3.63, 3.8) is 0 Å². The number of hydrogen-bond donors (Lipinski definition) is 2. The lowest BCUT2D eigenvalue weighted by atomic mass is 9.73. The molecule has 102 valence electrons. The van der Waals surface area contributed by atoms with E-state index in [4.69, 9.17) is 11.6 Å². The van der Waals surface area contributed by atoms with Gasteiger partial charge in [-0.2, -0.15) is 4.98 Å². The molecule has 0 atom stereocenters. The predicted molar refractivity (Wildman–Crippen MR) is 74.4 cm³/mol. The number of rotatable bonds is 0. The molecule has 1 saturated carbocycles. The highest BCUT2D eigenvalue weighted by molar-refractivity contribution is 6.28. The molecule has 1 aromatic rings. The van der Waals surface area contributed by atoms with Gasteiger partial charge in [-0.1, -0.05) is 19.3 Å². The topological polar surface area (TPSA) is 66.9 Å². The first-order valence-corrected chi connectivity index (χ1v) is 7.08. The van der Waals surface area contributed by atoms with Gasteiger partial charge in [0.2, 0.25) is 11.2 Å². The second kappa shape index (κ2) is 4.63. The SMILES string of the molecule is Cc1nc(Cl)nc2c1NC(=O)C1(CCCCC1)CN2. The molecule has 0 unspecified atom stereocenters. The summed E-state index contributed by atoms with van der Waals surface area (Å²) in [4.78, 5) is 20.8. The molecule has 1 spiro atoms. The minimum atomic E-state index is -0.308. The van der Waals surface area contributed by atoms with Gasteiger partial charge < -0.3 is 10.6 Å². The van der Waals surface area contributed by atoms with E-state index in [1.165, 1.54) is 6.42 Å². The van der Waals surface area contributed by atoms with Crippen LogP contribution in [0.4, 0.5) is 11.5 Å². The molecule has 1 aliphatic carbocycles. The van der Waals surface area contributed by atoms with Crippen molar-refractivity contribution in [3.8, 4) is 0 Å². The first-order valence-electron chi connectivity index (χ1n) is 6.70. The van der Waals surface area contributed by atoms with E-state index in [1.54, 1.807) is 0 Å². The lowest BCUT2D eigenvalue weighted by molar-refractivity contribution is -0.126. The van der Waals surface area contributed by atoms with E-state index in [9.17, 15) is 4.79 Å². The van der Waals surface area contributed by atoms with E-state index in [-0.39, 0.29) is 16.6 Å². The average molecular weight is 281 g/mol. The molecular weight excluding hydrogens is 264 g/mol. The number of aromatic nitrogens is 2. The lowest BCUT2D eigenvalue weighted by Crippen LogP contribution is -2.41. The third-order valence-electron chi connectivity index (χ3n) is 4.19. The third-order valence-corrected chi connectivity index (χ3v) is 4.36. The van der Waals surface area contributed by atoms with Crippen molar-refractivity contribution in [3.05, 3.63) is 11.0 Å². The molecule has 0 aromatic carbocycles. The molecule has 0 radical (unpaired) electrons. The zero-order chi connectivity index (χ0) is 13.5. The van der Waals surface area contributed by atoms with Gasteiger partial charge in [-0.25, -0.2) is 4.98 Å².